The highest BCUT2D eigenvalue weighted by Crippen LogP contribution is 2.23. The maximum absolute atomic E-state index is 12.4. The van der Waals surface area contributed by atoms with Crippen LogP contribution in [-0.2, 0) is 11.3 Å². The van der Waals surface area contributed by atoms with Crippen molar-refractivity contribution in [3.63, 3.8) is 0 Å². The van der Waals surface area contributed by atoms with E-state index >= 15 is 0 Å². The predicted molar refractivity (Wildman–Crippen MR) is 93.9 cm³/mol. The lowest BCUT2D eigenvalue weighted by atomic mass is 10.2. The topological polar surface area (TPSA) is 46.9 Å². The van der Waals surface area contributed by atoms with E-state index in [-0.39, 0.29) is 18.4 Å². The second kappa shape index (κ2) is 6.42. The Labute approximate surface area is 140 Å². The summed E-state index contributed by atoms with van der Waals surface area (Å²) in [5.74, 6) is 1.01. The van der Waals surface area contributed by atoms with E-state index in [9.17, 15) is 4.79 Å². The summed E-state index contributed by atoms with van der Waals surface area (Å²) in [6.07, 6.45) is 0. The minimum atomic E-state index is -0.122. The van der Waals surface area contributed by atoms with Crippen LogP contribution in [0.5, 0.6) is 0 Å². The fraction of sp³-hybridized carbons (Fsp3) is 0.222. The Morgan fingerprint density at radius 2 is 1.87 bits per heavy atom. The first-order valence-electron chi connectivity index (χ1n) is 7.56. The number of nitrogens with zero attached hydrogens (tertiary/aromatic N) is 2. The van der Waals surface area contributed by atoms with Gasteiger partial charge >= 0.3 is 0 Å². The highest BCUT2D eigenvalue weighted by molar-refractivity contribution is 6.33. The highest BCUT2D eigenvalue weighted by Gasteiger charge is 2.16. The van der Waals surface area contributed by atoms with Crippen molar-refractivity contribution in [3.05, 3.63) is 59.4 Å². The van der Waals surface area contributed by atoms with Gasteiger partial charge in [-0.15, -0.1) is 0 Å². The van der Waals surface area contributed by atoms with Crippen LogP contribution in [0.2, 0.25) is 5.02 Å². The predicted octanol–water partition coefficient (Wildman–Crippen LogP) is 4.45. The first-order valence-corrected chi connectivity index (χ1v) is 7.93. The molecule has 0 saturated carbocycles. The largest absolute Gasteiger partial charge is 0.323 e. The fourth-order valence-electron chi connectivity index (χ4n) is 2.60. The van der Waals surface area contributed by atoms with Crippen LogP contribution in [0.1, 0.15) is 25.6 Å². The number of benzene rings is 2. The third-order valence-corrected chi connectivity index (χ3v) is 3.98. The molecule has 0 aliphatic rings. The lowest BCUT2D eigenvalue weighted by Gasteiger charge is -2.12. The Balaban J connectivity index is 1.90. The van der Waals surface area contributed by atoms with E-state index in [1.165, 1.54) is 0 Å². The summed E-state index contributed by atoms with van der Waals surface area (Å²) in [7, 11) is 0. The Hall–Kier alpha value is -2.33. The van der Waals surface area contributed by atoms with Crippen molar-refractivity contribution >= 4 is 34.2 Å². The molecule has 1 amide bonds. The first-order chi connectivity index (χ1) is 11.1. The Kier molecular flexibility index (Phi) is 4.35. The average Bonchev–Trinajstić information content (AvgIpc) is 2.89. The molecule has 0 bridgehead atoms. The maximum Gasteiger partial charge on any atom is 0.244 e. The van der Waals surface area contributed by atoms with Crippen LogP contribution >= 0.6 is 11.6 Å². The number of para-hydroxylation sites is 3. The van der Waals surface area contributed by atoms with Gasteiger partial charge in [-0.25, -0.2) is 4.98 Å². The maximum atomic E-state index is 12.4. The van der Waals surface area contributed by atoms with Crippen molar-refractivity contribution in [2.24, 2.45) is 0 Å². The zero-order valence-electron chi connectivity index (χ0n) is 13.1. The van der Waals surface area contributed by atoms with Crippen molar-refractivity contribution < 1.29 is 4.79 Å². The summed E-state index contributed by atoms with van der Waals surface area (Å²) in [5, 5.41) is 3.39. The summed E-state index contributed by atoms with van der Waals surface area (Å²) in [6.45, 7) is 4.35. The number of fused-ring (bicyclic) bond motifs is 1. The number of nitrogens with one attached hydrogen (secondary N) is 1. The van der Waals surface area contributed by atoms with Gasteiger partial charge in [0.1, 0.15) is 12.4 Å². The number of aromatic nitrogens is 2. The quantitative estimate of drug-likeness (QED) is 0.769. The summed E-state index contributed by atoms with van der Waals surface area (Å²) < 4.78 is 1.96. The smallest absolute Gasteiger partial charge is 0.244 e. The lowest BCUT2D eigenvalue weighted by Crippen LogP contribution is -2.20. The third-order valence-electron chi connectivity index (χ3n) is 3.65. The SMILES string of the molecule is CC(C)c1nc2ccccc2n1CC(=O)Nc1ccccc1Cl. The molecule has 0 fully saturated rings. The van der Waals surface area contributed by atoms with E-state index < -0.39 is 0 Å². The van der Waals surface area contributed by atoms with Gasteiger partial charge in [0, 0.05) is 5.92 Å². The van der Waals surface area contributed by atoms with Crippen LogP contribution in [0, 0.1) is 0 Å². The molecule has 0 unspecified atom stereocenters. The molecule has 0 spiro atoms. The monoisotopic (exact) mass is 327 g/mol. The lowest BCUT2D eigenvalue weighted by molar-refractivity contribution is -0.116. The fourth-order valence-corrected chi connectivity index (χ4v) is 2.78. The minimum Gasteiger partial charge on any atom is -0.323 e. The van der Waals surface area contributed by atoms with Crippen LogP contribution in [0.3, 0.4) is 0 Å². The molecular formula is C18H18ClN3O. The van der Waals surface area contributed by atoms with Crippen LogP contribution in [0.15, 0.2) is 48.5 Å². The van der Waals surface area contributed by atoms with Gasteiger partial charge in [-0.05, 0) is 24.3 Å². The van der Waals surface area contributed by atoms with Gasteiger partial charge < -0.3 is 9.88 Å². The van der Waals surface area contributed by atoms with Gasteiger partial charge in [-0.2, -0.15) is 0 Å². The molecule has 23 heavy (non-hydrogen) atoms. The van der Waals surface area contributed by atoms with E-state index in [0.29, 0.717) is 10.7 Å². The molecule has 1 heterocycles. The molecule has 0 radical (unpaired) electrons. The van der Waals surface area contributed by atoms with Gasteiger partial charge in [0.15, 0.2) is 0 Å². The van der Waals surface area contributed by atoms with Crippen LogP contribution in [0.4, 0.5) is 5.69 Å². The Bertz CT molecular complexity index is 854. The first kappa shape index (κ1) is 15.6. The van der Waals surface area contributed by atoms with Crippen molar-refractivity contribution in [2.45, 2.75) is 26.3 Å². The van der Waals surface area contributed by atoms with E-state index in [1.54, 1.807) is 12.1 Å². The average molecular weight is 328 g/mol. The number of carbonyl (C=O) groups is 1. The van der Waals surface area contributed by atoms with Gasteiger partial charge in [-0.3, -0.25) is 4.79 Å². The second-order valence-electron chi connectivity index (χ2n) is 5.73. The highest BCUT2D eigenvalue weighted by atomic mass is 35.5. The Morgan fingerprint density at radius 1 is 1.17 bits per heavy atom. The number of amides is 1. The van der Waals surface area contributed by atoms with E-state index in [0.717, 1.165) is 16.9 Å². The molecule has 0 aliphatic heterocycles. The van der Waals surface area contributed by atoms with Gasteiger partial charge in [0.05, 0.1) is 21.7 Å². The van der Waals surface area contributed by atoms with E-state index in [2.05, 4.69) is 24.1 Å². The summed E-state index contributed by atoms with van der Waals surface area (Å²) in [4.78, 5) is 17.1. The molecule has 0 saturated heterocycles. The second-order valence-corrected chi connectivity index (χ2v) is 6.13. The number of hydrogen-bond acceptors (Lipinski definition) is 2. The Morgan fingerprint density at radius 3 is 2.61 bits per heavy atom. The van der Waals surface area contributed by atoms with Gasteiger partial charge in [-0.1, -0.05) is 49.7 Å². The van der Waals surface area contributed by atoms with Crippen LogP contribution in [-0.4, -0.2) is 15.5 Å². The van der Waals surface area contributed by atoms with Crippen molar-refractivity contribution in [1.82, 2.24) is 9.55 Å². The van der Waals surface area contributed by atoms with E-state index in [1.807, 2.05) is 41.0 Å². The number of carbonyl (C=O) groups excluding carboxylic acids is 1. The van der Waals surface area contributed by atoms with Crippen LogP contribution < -0.4 is 5.32 Å². The number of hydrogen-bond donors (Lipinski definition) is 1. The van der Waals surface area contributed by atoms with Gasteiger partial charge in [0.2, 0.25) is 5.91 Å². The molecular weight excluding hydrogens is 310 g/mol. The molecule has 3 aromatic rings. The molecule has 1 N–H and O–H groups in total. The van der Waals surface area contributed by atoms with Crippen molar-refractivity contribution in [3.8, 4) is 0 Å². The molecule has 1 aromatic heterocycles. The number of imidazole rings is 1. The third kappa shape index (κ3) is 3.22. The minimum absolute atomic E-state index is 0.122. The molecule has 0 atom stereocenters. The number of rotatable bonds is 4. The standard InChI is InChI=1S/C18H18ClN3O/c1-12(2)18-21-15-9-5-6-10-16(15)22(18)11-17(23)20-14-8-4-3-7-13(14)19/h3-10,12H,11H2,1-2H3,(H,20,23). The van der Waals surface area contributed by atoms with E-state index in [4.69, 9.17) is 11.6 Å². The molecule has 2 aromatic carbocycles. The zero-order chi connectivity index (χ0) is 16.4. The summed E-state index contributed by atoms with van der Waals surface area (Å²) in [6, 6.07) is 15.1. The van der Waals surface area contributed by atoms with Gasteiger partial charge in [0.25, 0.3) is 0 Å². The molecule has 4 nitrogen and oxygen atoms in total. The summed E-state index contributed by atoms with van der Waals surface area (Å²) in [5.41, 5.74) is 2.49. The number of anilines is 1. The number of halogens is 1. The van der Waals surface area contributed by atoms with Crippen molar-refractivity contribution in [1.29, 1.82) is 0 Å². The normalized spacial score (nSPS) is 11.1. The zero-order valence-corrected chi connectivity index (χ0v) is 13.8. The van der Waals surface area contributed by atoms with Crippen LogP contribution in [0.25, 0.3) is 11.0 Å². The molecule has 118 valence electrons. The molecule has 5 heteroatoms. The molecule has 0 aliphatic carbocycles. The summed E-state index contributed by atoms with van der Waals surface area (Å²) >= 11 is 6.09. The van der Waals surface area contributed by atoms with Crippen molar-refractivity contribution in [2.75, 3.05) is 5.32 Å². The molecule has 3 rings (SSSR count).